The van der Waals surface area contributed by atoms with Gasteiger partial charge in [0.25, 0.3) is 0 Å². The van der Waals surface area contributed by atoms with Crippen molar-refractivity contribution < 1.29 is 9.53 Å². The molecule has 21 heavy (non-hydrogen) atoms. The zero-order chi connectivity index (χ0) is 15.0. The van der Waals surface area contributed by atoms with Crippen LogP contribution in [0.15, 0.2) is 18.2 Å². The van der Waals surface area contributed by atoms with E-state index in [1.165, 1.54) is 0 Å². The minimum Gasteiger partial charge on any atom is -0.465 e. The van der Waals surface area contributed by atoms with Gasteiger partial charge in [-0.1, -0.05) is 18.0 Å². The maximum atomic E-state index is 12.5. The highest BCUT2D eigenvalue weighted by Gasteiger charge is 2.50. The molecule has 1 heterocycles. The Kier molecular flexibility index (Phi) is 3.66. The lowest BCUT2D eigenvalue weighted by molar-refractivity contribution is -0.154. The molecule has 2 aromatic rings. The van der Waals surface area contributed by atoms with E-state index < -0.39 is 5.41 Å². The number of aryl methyl sites for hydroxylation is 1. The monoisotopic (exact) mass is 306 g/mol. The second-order valence-corrected chi connectivity index (χ2v) is 5.91. The predicted octanol–water partition coefficient (Wildman–Crippen LogP) is 3.69. The summed E-state index contributed by atoms with van der Waals surface area (Å²) in [7, 11) is 0. The van der Waals surface area contributed by atoms with Gasteiger partial charge in [-0.25, -0.2) is 4.98 Å². The first-order chi connectivity index (χ1) is 10.1. The number of carbonyl (C=O) groups excluding carboxylic acids is 1. The molecule has 0 unspecified atom stereocenters. The van der Waals surface area contributed by atoms with Gasteiger partial charge in [0.15, 0.2) is 0 Å². The number of ether oxygens (including phenoxy) is 1. The first-order valence-electron chi connectivity index (χ1n) is 7.46. The molecule has 1 saturated carbocycles. The van der Waals surface area contributed by atoms with Crippen LogP contribution in [0.4, 0.5) is 0 Å². The molecule has 3 rings (SSSR count). The normalized spacial score (nSPS) is 16.7. The highest BCUT2D eigenvalue weighted by molar-refractivity contribution is 6.31. The molecule has 1 aromatic heterocycles. The summed E-state index contributed by atoms with van der Waals surface area (Å²) >= 11 is 6.06. The second kappa shape index (κ2) is 5.34. The Morgan fingerprint density at radius 2 is 2.19 bits per heavy atom. The van der Waals surface area contributed by atoms with Crippen LogP contribution in [0.2, 0.25) is 5.02 Å². The van der Waals surface area contributed by atoms with Crippen LogP contribution in [-0.4, -0.2) is 22.1 Å². The number of hydrogen-bond donors (Lipinski definition) is 0. The lowest BCUT2D eigenvalue weighted by Gasteiger charge is -2.38. The highest BCUT2D eigenvalue weighted by atomic mass is 35.5. The van der Waals surface area contributed by atoms with Crippen LogP contribution >= 0.6 is 11.6 Å². The summed E-state index contributed by atoms with van der Waals surface area (Å²) in [6.45, 7) is 5.08. The van der Waals surface area contributed by atoms with Crippen molar-refractivity contribution in [1.82, 2.24) is 9.55 Å². The molecule has 0 atom stereocenters. The summed E-state index contributed by atoms with van der Waals surface area (Å²) in [6.07, 6.45) is 2.65. The van der Waals surface area contributed by atoms with Crippen molar-refractivity contribution in [3.8, 4) is 0 Å². The second-order valence-electron chi connectivity index (χ2n) is 5.47. The molecule has 0 aliphatic heterocycles. The molecule has 0 spiro atoms. The lowest BCUT2D eigenvalue weighted by atomic mass is 9.68. The van der Waals surface area contributed by atoms with Gasteiger partial charge in [-0.05, 0) is 44.9 Å². The molecule has 4 nitrogen and oxygen atoms in total. The molecule has 1 aliphatic rings. The number of fused-ring (bicyclic) bond motifs is 1. The van der Waals surface area contributed by atoms with Gasteiger partial charge < -0.3 is 9.30 Å². The minimum atomic E-state index is -0.572. The van der Waals surface area contributed by atoms with Crippen LogP contribution in [0, 0.1) is 0 Å². The Bertz CT molecular complexity index is 689. The van der Waals surface area contributed by atoms with E-state index >= 15 is 0 Å². The molecular weight excluding hydrogens is 288 g/mol. The van der Waals surface area contributed by atoms with E-state index in [9.17, 15) is 4.79 Å². The Labute approximate surface area is 129 Å². The Morgan fingerprint density at radius 3 is 2.76 bits per heavy atom. The molecule has 0 bridgehead atoms. The summed E-state index contributed by atoms with van der Waals surface area (Å²) in [6, 6.07) is 5.68. The molecule has 0 amide bonds. The van der Waals surface area contributed by atoms with E-state index in [1.54, 1.807) is 0 Å². The summed E-state index contributed by atoms with van der Waals surface area (Å²) in [5.74, 6) is 0.680. The van der Waals surface area contributed by atoms with Crippen molar-refractivity contribution in [2.75, 3.05) is 6.61 Å². The zero-order valence-corrected chi connectivity index (χ0v) is 13.1. The van der Waals surface area contributed by atoms with E-state index in [0.717, 1.165) is 42.7 Å². The van der Waals surface area contributed by atoms with Gasteiger partial charge in [-0.15, -0.1) is 0 Å². The average Bonchev–Trinajstić information content (AvgIpc) is 2.75. The van der Waals surface area contributed by atoms with Crippen LogP contribution in [0.1, 0.15) is 38.9 Å². The van der Waals surface area contributed by atoms with Crippen LogP contribution in [0.3, 0.4) is 0 Å². The smallest absolute Gasteiger partial charge is 0.319 e. The minimum absolute atomic E-state index is 0.146. The van der Waals surface area contributed by atoms with Crippen molar-refractivity contribution in [2.24, 2.45) is 0 Å². The fourth-order valence-electron chi connectivity index (χ4n) is 3.11. The highest BCUT2D eigenvalue weighted by Crippen LogP contribution is 2.45. The van der Waals surface area contributed by atoms with Crippen LogP contribution in [0.25, 0.3) is 11.0 Å². The zero-order valence-electron chi connectivity index (χ0n) is 12.4. The third kappa shape index (κ3) is 2.13. The molecule has 0 radical (unpaired) electrons. The predicted molar refractivity (Wildman–Crippen MR) is 82.6 cm³/mol. The third-order valence-electron chi connectivity index (χ3n) is 4.33. The number of halogens is 1. The number of carbonyl (C=O) groups is 1. The van der Waals surface area contributed by atoms with Crippen LogP contribution in [-0.2, 0) is 21.5 Å². The van der Waals surface area contributed by atoms with Crippen LogP contribution < -0.4 is 0 Å². The first kappa shape index (κ1) is 14.4. The summed E-state index contributed by atoms with van der Waals surface area (Å²) in [5, 5.41) is 0.661. The first-order valence-corrected chi connectivity index (χ1v) is 7.83. The third-order valence-corrected chi connectivity index (χ3v) is 4.56. The molecule has 1 aliphatic carbocycles. The Morgan fingerprint density at radius 1 is 1.43 bits per heavy atom. The average molecular weight is 307 g/mol. The summed E-state index contributed by atoms with van der Waals surface area (Å²) in [4.78, 5) is 17.2. The van der Waals surface area contributed by atoms with Gasteiger partial charge in [0.05, 0.1) is 17.6 Å². The topological polar surface area (TPSA) is 44.1 Å². The summed E-state index contributed by atoms with van der Waals surface area (Å²) in [5.41, 5.74) is 1.29. The number of nitrogens with zero attached hydrogens (tertiary/aromatic N) is 2. The molecule has 112 valence electrons. The number of hydrogen-bond acceptors (Lipinski definition) is 3. The molecule has 5 heteroatoms. The Hall–Kier alpha value is -1.55. The number of aromatic nitrogens is 2. The van der Waals surface area contributed by atoms with Gasteiger partial charge in [0.2, 0.25) is 0 Å². The van der Waals surface area contributed by atoms with Gasteiger partial charge in [0, 0.05) is 11.6 Å². The van der Waals surface area contributed by atoms with Gasteiger partial charge in [0.1, 0.15) is 11.2 Å². The molecular formula is C16H19ClN2O2. The van der Waals surface area contributed by atoms with Crippen molar-refractivity contribution in [3.05, 3.63) is 29.0 Å². The molecule has 0 N–H and O–H groups in total. The fraction of sp³-hybridized carbons (Fsp3) is 0.500. The van der Waals surface area contributed by atoms with Crippen molar-refractivity contribution in [1.29, 1.82) is 0 Å². The fourth-order valence-corrected chi connectivity index (χ4v) is 3.27. The molecule has 1 aromatic carbocycles. The van der Waals surface area contributed by atoms with Gasteiger partial charge in [-0.2, -0.15) is 0 Å². The number of rotatable bonds is 4. The number of benzene rings is 1. The van der Waals surface area contributed by atoms with Crippen LogP contribution in [0.5, 0.6) is 0 Å². The standard InChI is InChI=1S/C16H19ClN2O2/c1-3-19-13-7-6-11(17)10-12(13)18-14(19)16(8-5-9-16)15(20)21-4-2/h6-7,10H,3-5,8-9H2,1-2H3. The summed E-state index contributed by atoms with van der Waals surface area (Å²) < 4.78 is 7.42. The SMILES string of the molecule is CCOC(=O)C1(c2nc3cc(Cl)ccc3n2CC)CCC1. The van der Waals surface area contributed by atoms with Crippen molar-refractivity contribution >= 4 is 28.6 Å². The van der Waals surface area contributed by atoms with E-state index in [2.05, 4.69) is 11.5 Å². The largest absolute Gasteiger partial charge is 0.465 e. The van der Waals surface area contributed by atoms with E-state index in [-0.39, 0.29) is 5.97 Å². The maximum absolute atomic E-state index is 12.5. The number of esters is 1. The maximum Gasteiger partial charge on any atom is 0.319 e. The Balaban J connectivity index is 2.16. The van der Waals surface area contributed by atoms with Gasteiger partial charge >= 0.3 is 5.97 Å². The number of imidazole rings is 1. The molecule has 1 fully saturated rings. The quantitative estimate of drug-likeness (QED) is 0.809. The van der Waals surface area contributed by atoms with Gasteiger partial charge in [-0.3, -0.25) is 4.79 Å². The van der Waals surface area contributed by atoms with E-state index in [4.69, 9.17) is 21.3 Å². The van der Waals surface area contributed by atoms with E-state index in [1.807, 2.05) is 25.1 Å². The lowest BCUT2D eigenvalue weighted by Crippen LogP contribution is -2.45. The van der Waals surface area contributed by atoms with Crippen molar-refractivity contribution in [2.45, 2.75) is 45.1 Å². The molecule has 0 saturated heterocycles. The van der Waals surface area contributed by atoms with E-state index in [0.29, 0.717) is 11.6 Å². The van der Waals surface area contributed by atoms with Crippen molar-refractivity contribution in [3.63, 3.8) is 0 Å².